The van der Waals surface area contributed by atoms with Gasteiger partial charge in [-0.2, -0.15) is 9.78 Å². The first-order valence-corrected chi connectivity index (χ1v) is 11.4. The molecule has 1 atom stereocenters. The molecule has 0 spiro atoms. The lowest BCUT2D eigenvalue weighted by molar-refractivity contribution is -0.116. The molecule has 4 aromatic rings. The Hall–Kier alpha value is -3.39. The van der Waals surface area contributed by atoms with Crippen LogP contribution in [0.4, 0.5) is 5.82 Å². The highest BCUT2D eigenvalue weighted by molar-refractivity contribution is 7.20. The van der Waals surface area contributed by atoms with Crippen LogP contribution in [0.3, 0.4) is 0 Å². The van der Waals surface area contributed by atoms with Gasteiger partial charge in [-0.1, -0.05) is 29.5 Å². The highest BCUT2D eigenvalue weighted by Gasteiger charge is 2.35. The van der Waals surface area contributed by atoms with E-state index in [0.29, 0.717) is 30.3 Å². The fourth-order valence-corrected chi connectivity index (χ4v) is 5.35. The number of hydrogen-bond acceptors (Lipinski definition) is 6. The third-order valence-electron chi connectivity index (χ3n) is 5.71. The van der Waals surface area contributed by atoms with Crippen molar-refractivity contribution in [1.82, 2.24) is 14.8 Å². The smallest absolute Gasteiger partial charge is 0.226 e. The number of amides is 1. The SMILES string of the molecule is CCOc1c(OC)cccc1[C@H]1CC(=O)Nc2c1c(C)nn2-c1nc2ccc(C)cc2s1. The molecule has 0 fully saturated rings. The van der Waals surface area contributed by atoms with Crippen LogP contribution in [0, 0.1) is 13.8 Å². The Balaban J connectivity index is 1.67. The van der Waals surface area contributed by atoms with Crippen molar-refractivity contribution in [2.75, 3.05) is 19.0 Å². The molecule has 2 aromatic carbocycles. The lowest BCUT2D eigenvalue weighted by atomic mass is 9.85. The maximum atomic E-state index is 12.8. The normalized spacial score (nSPS) is 15.5. The molecule has 1 aliphatic heterocycles. The van der Waals surface area contributed by atoms with E-state index in [4.69, 9.17) is 19.6 Å². The van der Waals surface area contributed by atoms with Gasteiger partial charge in [-0.05, 0) is 44.5 Å². The lowest BCUT2D eigenvalue weighted by Gasteiger charge is -2.26. The zero-order valence-electron chi connectivity index (χ0n) is 18.4. The molecule has 1 amide bonds. The number of thiazole rings is 1. The summed E-state index contributed by atoms with van der Waals surface area (Å²) in [5.74, 6) is 1.74. The van der Waals surface area contributed by atoms with Crippen LogP contribution in [-0.2, 0) is 4.79 Å². The standard InChI is InChI=1S/C24H24N4O3S/c1-5-31-22-15(7-6-8-18(22)30-4)16-12-20(29)26-23-21(16)14(3)27-28(23)24-25-17-10-9-13(2)11-19(17)32-24/h6-11,16H,5,12H2,1-4H3,(H,26,29)/t16-/m1/s1. The Bertz CT molecular complexity index is 1340. The van der Waals surface area contributed by atoms with Gasteiger partial charge in [0.2, 0.25) is 11.0 Å². The number of hydrogen-bond donors (Lipinski definition) is 1. The molecule has 0 radical (unpaired) electrons. The number of rotatable bonds is 5. The minimum atomic E-state index is -0.194. The Morgan fingerprint density at radius 3 is 2.88 bits per heavy atom. The van der Waals surface area contributed by atoms with Crippen LogP contribution in [0.25, 0.3) is 15.3 Å². The number of carbonyl (C=O) groups excluding carboxylic acids is 1. The van der Waals surface area contributed by atoms with Gasteiger partial charge in [0.15, 0.2) is 11.5 Å². The van der Waals surface area contributed by atoms with E-state index in [1.165, 1.54) is 5.56 Å². The van der Waals surface area contributed by atoms with Crippen molar-refractivity contribution >= 4 is 33.3 Å². The van der Waals surface area contributed by atoms with Crippen LogP contribution in [0.15, 0.2) is 36.4 Å². The first-order chi connectivity index (χ1) is 15.5. The minimum absolute atomic E-state index is 0.0640. The summed E-state index contributed by atoms with van der Waals surface area (Å²) in [4.78, 5) is 17.6. The largest absolute Gasteiger partial charge is 0.493 e. The van der Waals surface area contributed by atoms with Crippen LogP contribution in [0.5, 0.6) is 11.5 Å². The molecular formula is C24H24N4O3S. The van der Waals surface area contributed by atoms with Gasteiger partial charge in [0.25, 0.3) is 0 Å². The van der Waals surface area contributed by atoms with Gasteiger partial charge in [-0.3, -0.25) is 4.79 Å². The van der Waals surface area contributed by atoms with E-state index in [9.17, 15) is 4.79 Å². The summed E-state index contributed by atoms with van der Waals surface area (Å²) in [6.07, 6.45) is 0.311. The van der Waals surface area contributed by atoms with Gasteiger partial charge in [-0.15, -0.1) is 0 Å². The van der Waals surface area contributed by atoms with E-state index >= 15 is 0 Å². The molecule has 2 aromatic heterocycles. The predicted molar refractivity (Wildman–Crippen MR) is 125 cm³/mol. The molecular weight excluding hydrogens is 424 g/mol. The van der Waals surface area contributed by atoms with Crippen molar-refractivity contribution < 1.29 is 14.3 Å². The number of carbonyl (C=O) groups is 1. The monoisotopic (exact) mass is 448 g/mol. The maximum Gasteiger partial charge on any atom is 0.226 e. The number of nitrogens with one attached hydrogen (secondary N) is 1. The second kappa shape index (κ2) is 7.94. The maximum absolute atomic E-state index is 12.8. The van der Waals surface area contributed by atoms with Gasteiger partial charge in [0.1, 0.15) is 5.82 Å². The summed E-state index contributed by atoms with van der Waals surface area (Å²) in [5, 5.41) is 8.55. The summed E-state index contributed by atoms with van der Waals surface area (Å²) in [6, 6.07) is 12.0. The van der Waals surface area contributed by atoms with Gasteiger partial charge in [0, 0.05) is 23.5 Å². The number of aromatic nitrogens is 3. The molecule has 5 rings (SSSR count). The zero-order valence-corrected chi connectivity index (χ0v) is 19.2. The number of fused-ring (bicyclic) bond motifs is 2. The molecule has 1 N–H and O–H groups in total. The molecule has 8 heteroatoms. The summed E-state index contributed by atoms with van der Waals surface area (Å²) in [6.45, 7) is 6.47. The van der Waals surface area contributed by atoms with E-state index in [1.807, 2.05) is 44.2 Å². The second-order valence-electron chi connectivity index (χ2n) is 7.84. The average Bonchev–Trinajstić information content (AvgIpc) is 3.34. The van der Waals surface area contributed by atoms with Crippen LogP contribution < -0.4 is 14.8 Å². The number of para-hydroxylation sites is 1. The van der Waals surface area contributed by atoms with E-state index in [0.717, 1.165) is 32.2 Å². The van der Waals surface area contributed by atoms with Crippen molar-refractivity contribution in [3.05, 3.63) is 58.8 Å². The van der Waals surface area contributed by atoms with E-state index in [1.54, 1.807) is 23.1 Å². The third-order valence-corrected chi connectivity index (χ3v) is 6.70. The van der Waals surface area contributed by atoms with Gasteiger partial charge >= 0.3 is 0 Å². The van der Waals surface area contributed by atoms with Crippen molar-refractivity contribution in [3.8, 4) is 16.6 Å². The van der Waals surface area contributed by atoms with Gasteiger partial charge in [-0.25, -0.2) is 4.98 Å². The van der Waals surface area contributed by atoms with Crippen molar-refractivity contribution in [1.29, 1.82) is 0 Å². The topological polar surface area (TPSA) is 78.3 Å². The first-order valence-electron chi connectivity index (χ1n) is 10.6. The molecule has 0 bridgehead atoms. The first kappa shape index (κ1) is 20.5. The fraction of sp³-hybridized carbons (Fsp3) is 0.292. The van der Waals surface area contributed by atoms with Crippen molar-refractivity contribution in [2.45, 2.75) is 33.1 Å². The van der Waals surface area contributed by atoms with Gasteiger partial charge in [0.05, 0.1) is 29.6 Å². The Morgan fingerprint density at radius 1 is 1.25 bits per heavy atom. The number of anilines is 1. The summed E-state index contributed by atoms with van der Waals surface area (Å²) in [7, 11) is 1.62. The molecule has 1 aliphatic rings. The molecule has 0 aliphatic carbocycles. The van der Waals surface area contributed by atoms with Crippen LogP contribution in [-0.4, -0.2) is 34.4 Å². The number of nitrogens with zero attached hydrogens (tertiary/aromatic N) is 3. The van der Waals surface area contributed by atoms with Crippen molar-refractivity contribution in [3.63, 3.8) is 0 Å². The number of ether oxygens (including phenoxy) is 2. The number of methoxy groups -OCH3 is 1. The molecule has 32 heavy (non-hydrogen) atoms. The van der Waals surface area contributed by atoms with Crippen LogP contribution >= 0.6 is 11.3 Å². The summed E-state index contributed by atoms with van der Waals surface area (Å²) >= 11 is 1.56. The van der Waals surface area contributed by atoms with E-state index in [-0.39, 0.29) is 11.8 Å². The van der Waals surface area contributed by atoms with Gasteiger partial charge < -0.3 is 14.8 Å². The highest BCUT2D eigenvalue weighted by Crippen LogP contribution is 2.46. The minimum Gasteiger partial charge on any atom is -0.493 e. The number of benzene rings is 2. The summed E-state index contributed by atoms with van der Waals surface area (Å²) < 4.78 is 14.3. The zero-order chi connectivity index (χ0) is 22.4. The Labute approximate surface area is 190 Å². The van der Waals surface area contributed by atoms with E-state index in [2.05, 4.69) is 18.3 Å². The summed E-state index contributed by atoms with van der Waals surface area (Å²) in [5.41, 5.74) is 4.86. The molecule has 3 heterocycles. The third kappa shape index (κ3) is 3.31. The Kier molecular flexibility index (Phi) is 5.09. The van der Waals surface area contributed by atoms with Crippen LogP contribution in [0.2, 0.25) is 0 Å². The predicted octanol–water partition coefficient (Wildman–Crippen LogP) is 4.98. The Morgan fingerprint density at radius 2 is 2.09 bits per heavy atom. The molecule has 0 saturated heterocycles. The second-order valence-corrected chi connectivity index (χ2v) is 8.85. The molecule has 164 valence electrons. The molecule has 0 unspecified atom stereocenters. The average molecular weight is 449 g/mol. The van der Waals surface area contributed by atoms with Crippen LogP contribution in [0.1, 0.15) is 41.6 Å². The number of aryl methyl sites for hydroxylation is 2. The van der Waals surface area contributed by atoms with E-state index < -0.39 is 0 Å². The fourth-order valence-electron chi connectivity index (χ4n) is 4.33. The highest BCUT2D eigenvalue weighted by atomic mass is 32.1. The van der Waals surface area contributed by atoms with Crippen molar-refractivity contribution in [2.24, 2.45) is 0 Å². The molecule has 7 nitrogen and oxygen atoms in total. The lowest BCUT2D eigenvalue weighted by Crippen LogP contribution is -2.25. The molecule has 0 saturated carbocycles. The quantitative estimate of drug-likeness (QED) is 0.466.